The molecular formula is C20H22N4O2. The van der Waals surface area contributed by atoms with Gasteiger partial charge < -0.3 is 15.5 Å². The molecule has 2 saturated heterocycles. The normalized spacial score (nSPS) is 21.5. The Balaban J connectivity index is 1.58. The maximum atomic E-state index is 13.1. The van der Waals surface area contributed by atoms with E-state index in [0.29, 0.717) is 28.7 Å². The largest absolute Gasteiger partial charge is 0.338 e. The Bertz CT molecular complexity index is 825. The van der Waals surface area contributed by atoms with Gasteiger partial charge in [0, 0.05) is 44.1 Å². The molecule has 0 saturated carbocycles. The molecule has 2 N–H and O–H groups in total. The molecule has 26 heavy (non-hydrogen) atoms. The fourth-order valence-electron chi connectivity index (χ4n) is 3.89. The quantitative estimate of drug-likeness (QED) is 0.887. The van der Waals surface area contributed by atoms with Gasteiger partial charge in [-0.05, 0) is 42.5 Å². The molecule has 0 unspecified atom stereocenters. The standard InChI is InChI=1S/C20H22N4O2/c1-13-3-2-4-17(18(13)23-19(25)14-5-7-21-8-6-14)20(26)24-11-15-9-22-10-16(15)12-24/h2-8,15-16,22H,9-12H2,1H3,(H,23,25)/t15-,16+. The summed E-state index contributed by atoms with van der Waals surface area (Å²) in [7, 11) is 0. The van der Waals surface area contributed by atoms with Gasteiger partial charge in [-0.1, -0.05) is 12.1 Å². The summed E-state index contributed by atoms with van der Waals surface area (Å²) >= 11 is 0. The molecule has 2 amide bonds. The predicted octanol–water partition coefficient (Wildman–Crippen LogP) is 1.93. The van der Waals surface area contributed by atoms with Crippen LogP contribution in [-0.2, 0) is 0 Å². The zero-order valence-corrected chi connectivity index (χ0v) is 14.7. The van der Waals surface area contributed by atoms with E-state index in [2.05, 4.69) is 15.6 Å². The van der Waals surface area contributed by atoms with E-state index < -0.39 is 0 Å². The van der Waals surface area contributed by atoms with E-state index in [4.69, 9.17) is 0 Å². The smallest absolute Gasteiger partial charge is 0.255 e. The summed E-state index contributed by atoms with van der Waals surface area (Å²) in [5, 5.41) is 6.31. The highest BCUT2D eigenvalue weighted by Gasteiger charge is 2.38. The summed E-state index contributed by atoms with van der Waals surface area (Å²) in [4.78, 5) is 31.5. The molecule has 1 aromatic heterocycles. The zero-order valence-electron chi connectivity index (χ0n) is 14.7. The number of carbonyl (C=O) groups excluding carboxylic acids is 2. The lowest BCUT2D eigenvalue weighted by atomic mass is 10.0. The fourth-order valence-corrected chi connectivity index (χ4v) is 3.89. The Morgan fingerprint density at radius 3 is 2.50 bits per heavy atom. The van der Waals surface area contributed by atoms with Gasteiger partial charge in [-0.2, -0.15) is 0 Å². The van der Waals surface area contributed by atoms with Crippen molar-refractivity contribution in [3.05, 3.63) is 59.4 Å². The van der Waals surface area contributed by atoms with E-state index in [-0.39, 0.29) is 11.8 Å². The lowest BCUT2D eigenvalue weighted by Crippen LogP contribution is -2.32. The van der Waals surface area contributed by atoms with Crippen LogP contribution >= 0.6 is 0 Å². The number of likely N-dealkylation sites (tertiary alicyclic amines) is 1. The molecule has 0 radical (unpaired) electrons. The second kappa shape index (κ2) is 6.88. The summed E-state index contributed by atoms with van der Waals surface area (Å²) in [5.74, 6) is 0.837. The Morgan fingerprint density at radius 1 is 1.12 bits per heavy atom. The van der Waals surface area contributed by atoms with Crippen LogP contribution in [0, 0.1) is 18.8 Å². The number of para-hydroxylation sites is 1. The van der Waals surface area contributed by atoms with E-state index in [0.717, 1.165) is 31.7 Å². The van der Waals surface area contributed by atoms with Gasteiger partial charge in [0.2, 0.25) is 0 Å². The molecule has 6 heteroatoms. The van der Waals surface area contributed by atoms with Crippen LogP contribution in [0.25, 0.3) is 0 Å². The molecule has 0 bridgehead atoms. The van der Waals surface area contributed by atoms with Gasteiger partial charge in [-0.25, -0.2) is 0 Å². The Kier molecular flexibility index (Phi) is 4.42. The molecule has 2 fully saturated rings. The van der Waals surface area contributed by atoms with Crippen molar-refractivity contribution in [3.8, 4) is 0 Å². The molecule has 3 heterocycles. The van der Waals surface area contributed by atoms with Gasteiger partial charge in [0.1, 0.15) is 0 Å². The van der Waals surface area contributed by atoms with Gasteiger partial charge in [0.25, 0.3) is 11.8 Å². The Labute approximate surface area is 152 Å². The molecule has 2 aromatic rings. The molecule has 134 valence electrons. The minimum atomic E-state index is -0.238. The molecule has 2 aliphatic heterocycles. The number of nitrogens with zero attached hydrogens (tertiary/aromatic N) is 2. The molecule has 4 rings (SSSR count). The van der Waals surface area contributed by atoms with Crippen molar-refractivity contribution in [2.24, 2.45) is 11.8 Å². The number of aryl methyl sites for hydroxylation is 1. The molecule has 6 nitrogen and oxygen atoms in total. The molecule has 2 atom stereocenters. The number of nitrogens with one attached hydrogen (secondary N) is 2. The van der Waals surface area contributed by atoms with E-state index >= 15 is 0 Å². The van der Waals surface area contributed by atoms with Crippen LogP contribution in [-0.4, -0.2) is 47.9 Å². The fraction of sp³-hybridized carbons (Fsp3) is 0.350. The van der Waals surface area contributed by atoms with Crippen molar-refractivity contribution in [2.75, 3.05) is 31.5 Å². The summed E-state index contributed by atoms with van der Waals surface area (Å²) in [5.41, 5.74) is 2.54. The third-order valence-corrected chi connectivity index (χ3v) is 5.36. The van der Waals surface area contributed by atoms with Gasteiger partial charge in [0.15, 0.2) is 0 Å². The maximum absolute atomic E-state index is 13.1. The topological polar surface area (TPSA) is 74.3 Å². The summed E-state index contributed by atoms with van der Waals surface area (Å²) in [6.07, 6.45) is 3.16. The number of pyridine rings is 1. The van der Waals surface area contributed by atoms with Crippen LogP contribution in [0.4, 0.5) is 5.69 Å². The Hall–Kier alpha value is -2.73. The molecular weight excluding hydrogens is 328 g/mol. The van der Waals surface area contributed by atoms with Crippen LogP contribution in [0.5, 0.6) is 0 Å². The van der Waals surface area contributed by atoms with Gasteiger partial charge >= 0.3 is 0 Å². The minimum absolute atomic E-state index is 0.00636. The van der Waals surface area contributed by atoms with Crippen LogP contribution in [0.1, 0.15) is 26.3 Å². The van der Waals surface area contributed by atoms with Crippen molar-refractivity contribution in [1.29, 1.82) is 0 Å². The van der Waals surface area contributed by atoms with Crippen molar-refractivity contribution in [1.82, 2.24) is 15.2 Å². The van der Waals surface area contributed by atoms with Crippen molar-refractivity contribution in [2.45, 2.75) is 6.92 Å². The minimum Gasteiger partial charge on any atom is -0.338 e. The second-order valence-electron chi connectivity index (χ2n) is 7.08. The summed E-state index contributed by atoms with van der Waals surface area (Å²) in [6, 6.07) is 8.88. The van der Waals surface area contributed by atoms with Crippen LogP contribution in [0.2, 0.25) is 0 Å². The van der Waals surface area contributed by atoms with Gasteiger partial charge in [-0.15, -0.1) is 0 Å². The predicted molar refractivity (Wildman–Crippen MR) is 99.1 cm³/mol. The van der Waals surface area contributed by atoms with Crippen molar-refractivity contribution >= 4 is 17.5 Å². The first-order valence-electron chi connectivity index (χ1n) is 8.94. The first kappa shape index (κ1) is 16.7. The highest BCUT2D eigenvalue weighted by atomic mass is 16.2. The van der Waals surface area contributed by atoms with Crippen LogP contribution < -0.4 is 10.6 Å². The van der Waals surface area contributed by atoms with E-state index in [9.17, 15) is 9.59 Å². The highest BCUT2D eigenvalue weighted by Crippen LogP contribution is 2.30. The van der Waals surface area contributed by atoms with E-state index in [1.54, 1.807) is 30.6 Å². The van der Waals surface area contributed by atoms with E-state index in [1.165, 1.54) is 0 Å². The number of aromatic nitrogens is 1. The number of hydrogen-bond donors (Lipinski definition) is 2. The third kappa shape index (κ3) is 3.08. The number of hydrogen-bond acceptors (Lipinski definition) is 4. The first-order valence-corrected chi connectivity index (χ1v) is 8.94. The van der Waals surface area contributed by atoms with Gasteiger partial charge in [0.05, 0.1) is 11.3 Å². The maximum Gasteiger partial charge on any atom is 0.255 e. The molecule has 0 spiro atoms. The average molecular weight is 350 g/mol. The lowest BCUT2D eigenvalue weighted by Gasteiger charge is -2.20. The highest BCUT2D eigenvalue weighted by molar-refractivity contribution is 6.09. The summed E-state index contributed by atoms with van der Waals surface area (Å²) in [6.45, 7) is 5.42. The monoisotopic (exact) mass is 350 g/mol. The number of carbonyl (C=O) groups is 2. The summed E-state index contributed by atoms with van der Waals surface area (Å²) < 4.78 is 0. The molecule has 1 aromatic carbocycles. The lowest BCUT2D eigenvalue weighted by molar-refractivity contribution is 0.0782. The first-order chi connectivity index (χ1) is 12.6. The number of fused-ring (bicyclic) bond motifs is 1. The van der Waals surface area contributed by atoms with Crippen molar-refractivity contribution < 1.29 is 9.59 Å². The average Bonchev–Trinajstić information content (AvgIpc) is 3.25. The number of anilines is 1. The number of amides is 2. The van der Waals surface area contributed by atoms with E-state index in [1.807, 2.05) is 24.0 Å². The second-order valence-corrected chi connectivity index (χ2v) is 7.08. The molecule has 0 aliphatic carbocycles. The van der Waals surface area contributed by atoms with Crippen molar-refractivity contribution in [3.63, 3.8) is 0 Å². The number of benzene rings is 1. The van der Waals surface area contributed by atoms with Crippen LogP contribution in [0.15, 0.2) is 42.7 Å². The third-order valence-electron chi connectivity index (χ3n) is 5.36. The SMILES string of the molecule is Cc1cccc(C(=O)N2C[C@H]3CNC[C@H]3C2)c1NC(=O)c1ccncc1. The zero-order chi connectivity index (χ0) is 18.1. The molecule has 2 aliphatic rings. The van der Waals surface area contributed by atoms with Crippen LogP contribution in [0.3, 0.4) is 0 Å². The number of rotatable bonds is 3. The van der Waals surface area contributed by atoms with Gasteiger partial charge in [-0.3, -0.25) is 14.6 Å². The Morgan fingerprint density at radius 2 is 1.81 bits per heavy atom.